The molecular formula is C22H22N2O3. The summed E-state index contributed by atoms with van der Waals surface area (Å²) in [5.41, 5.74) is 4.43. The number of rotatable bonds is 1. The van der Waals surface area contributed by atoms with Crippen LogP contribution in [0.4, 0.5) is 0 Å². The average Bonchev–Trinajstić information content (AvgIpc) is 3.00. The van der Waals surface area contributed by atoms with E-state index in [2.05, 4.69) is 29.4 Å². The average molecular weight is 362 g/mol. The molecule has 5 heteroatoms. The van der Waals surface area contributed by atoms with Crippen molar-refractivity contribution in [3.63, 3.8) is 0 Å². The number of amides is 1. The van der Waals surface area contributed by atoms with E-state index >= 15 is 0 Å². The third kappa shape index (κ3) is 2.73. The molecule has 2 aromatic rings. The Hall–Kier alpha value is -2.66. The van der Waals surface area contributed by atoms with Gasteiger partial charge in [-0.15, -0.1) is 0 Å². The highest BCUT2D eigenvalue weighted by Gasteiger charge is 2.36. The number of nitrogens with one attached hydrogen (secondary N) is 1. The molecule has 0 aromatic heterocycles. The third-order valence-electron chi connectivity index (χ3n) is 6.05. The Morgan fingerprint density at radius 3 is 2.67 bits per heavy atom. The van der Waals surface area contributed by atoms with E-state index in [0.717, 1.165) is 41.9 Å². The summed E-state index contributed by atoms with van der Waals surface area (Å²) in [5.74, 6) is 1.61. The van der Waals surface area contributed by atoms with E-state index in [9.17, 15) is 9.59 Å². The van der Waals surface area contributed by atoms with E-state index < -0.39 is 0 Å². The molecular weight excluding hydrogens is 340 g/mol. The second kappa shape index (κ2) is 6.20. The zero-order valence-corrected chi connectivity index (χ0v) is 15.3. The van der Waals surface area contributed by atoms with E-state index in [1.54, 1.807) is 0 Å². The third-order valence-corrected chi connectivity index (χ3v) is 6.05. The quantitative estimate of drug-likeness (QED) is 0.847. The smallest absolute Gasteiger partial charge is 0.251 e. The minimum Gasteiger partial charge on any atom is -0.492 e. The molecule has 0 spiro atoms. The summed E-state index contributed by atoms with van der Waals surface area (Å²) in [6, 6.07) is 11.8. The predicted molar refractivity (Wildman–Crippen MR) is 102 cm³/mol. The number of hydrogen-bond donors (Lipinski definition) is 1. The molecule has 2 unspecified atom stereocenters. The summed E-state index contributed by atoms with van der Waals surface area (Å²) in [5, 5.41) is 3.09. The van der Waals surface area contributed by atoms with Crippen molar-refractivity contribution in [2.24, 2.45) is 5.92 Å². The molecule has 0 bridgehead atoms. The molecule has 1 saturated heterocycles. The second-order valence-corrected chi connectivity index (χ2v) is 7.83. The molecule has 138 valence electrons. The Kier molecular flexibility index (Phi) is 3.79. The van der Waals surface area contributed by atoms with Gasteiger partial charge in [-0.25, -0.2) is 0 Å². The predicted octanol–water partition coefficient (Wildman–Crippen LogP) is 2.71. The number of fused-ring (bicyclic) bond motifs is 4. The highest BCUT2D eigenvalue weighted by Crippen LogP contribution is 2.38. The molecule has 27 heavy (non-hydrogen) atoms. The van der Waals surface area contributed by atoms with Crippen LogP contribution in [0.15, 0.2) is 36.4 Å². The van der Waals surface area contributed by atoms with Gasteiger partial charge in [-0.2, -0.15) is 0 Å². The number of likely N-dealkylation sites (N-methyl/N-ethyl adjacent to an activating group) is 1. The van der Waals surface area contributed by atoms with Gasteiger partial charge in [0.25, 0.3) is 5.91 Å². The number of benzene rings is 2. The molecule has 3 aliphatic heterocycles. The van der Waals surface area contributed by atoms with Crippen LogP contribution in [-0.4, -0.2) is 49.9 Å². The van der Waals surface area contributed by atoms with Crippen LogP contribution in [0.5, 0.6) is 5.75 Å². The van der Waals surface area contributed by atoms with Gasteiger partial charge < -0.3 is 15.0 Å². The summed E-state index contributed by atoms with van der Waals surface area (Å²) in [6.07, 6.45) is 0.416. The molecule has 3 aliphatic rings. The van der Waals surface area contributed by atoms with Crippen molar-refractivity contribution in [3.05, 3.63) is 53.1 Å². The largest absolute Gasteiger partial charge is 0.492 e. The van der Waals surface area contributed by atoms with Crippen LogP contribution in [0.1, 0.15) is 38.6 Å². The molecule has 0 aliphatic carbocycles. The van der Waals surface area contributed by atoms with Crippen molar-refractivity contribution in [1.82, 2.24) is 10.2 Å². The second-order valence-electron chi connectivity index (χ2n) is 7.83. The van der Waals surface area contributed by atoms with Crippen LogP contribution in [0.3, 0.4) is 0 Å². The number of carbonyl (C=O) groups is 2. The molecule has 3 heterocycles. The van der Waals surface area contributed by atoms with Gasteiger partial charge in [0.05, 0.1) is 12.2 Å². The Morgan fingerprint density at radius 2 is 1.81 bits per heavy atom. The molecule has 1 fully saturated rings. The van der Waals surface area contributed by atoms with Gasteiger partial charge in [0, 0.05) is 37.5 Å². The maximum absolute atomic E-state index is 12.7. The number of carbonyl (C=O) groups excluding carboxylic acids is 2. The van der Waals surface area contributed by atoms with Crippen LogP contribution in [0, 0.1) is 5.92 Å². The monoisotopic (exact) mass is 362 g/mol. The standard InChI is InChI=1S/C22H22N2O3/c1-24-11-15-10-23-22(26)17-8-13(2-4-16(17)19(15)12-24)14-3-5-21-18(9-14)20(25)6-7-27-21/h2-5,8-9,15,19H,6-7,10-12H2,1H3,(H,23,26). The van der Waals surface area contributed by atoms with Crippen LogP contribution in [0.2, 0.25) is 0 Å². The number of hydrogen-bond acceptors (Lipinski definition) is 4. The van der Waals surface area contributed by atoms with Gasteiger partial charge >= 0.3 is 0 Å². The fourth-order valence-electron chi connectivity index (χ4n) is 4.66. The van der Waals surface area contributed by atoms with Gasteiger partial charge in [-0.1, -0.05) is 18.2 Å². The Labute approximate surface area is 158 Å². The van der Waals surface area contributed by atoms with Crippen LogP contribution in [-0.2, 0) is 0 Å². The normalized spacial score (nSPS) is 24.3. The molecule has 5 nitrogen and oxygen atoms in total. The Morgan fingerprint density at radius 1 is 1.04 bits per heavy atom. The fraction of sp³-hybridized carbons (Fsp3) is 0.364. The summed E-state index contributed by atoms with van der Waals surface area (Å²) in [6.45, 7) is 3.17. The van der Waals surface area contributed by atoms with Crippen molar-refractivity contribution < 1.29 is 14.3 Å². The van der Waals surface area contributed by atoms with Gasteiger partial charge in [-0.05, 0) is 47.9 Å². The molecule has 2 aromatic carbocycles. The first-order valence-corrected chi connectivity index (χ1v) is 9.51. The molecule has 0 radical (unpaired) electrons. The lowest BCUT2D eigenvalue weighted by atomic mass is 9.86. The fourth-order valence-corrected chi connectivity index (χ4v) is 4.66. The molecule has 5 rings (SSSR count). The van der Waals surface area contributed by atoms with Gasteiger partial charge in [0.15, 0.2) is 5.78 Å². The maximum Gasteiger partial charge on any atom is 0.251 e. The first-order chi connectivity index (χ1) is 13.1. The van der Waals surface area contributed by atoms with Gasteiger partial charge in [0.2, 0.25) is 0 Å². The van der Waals surface area contributed by atoms with Crippen molar-refractivity contribution in [2.75, 3.05) is 33.3 Å². The summed E-state index contributed by atoms with van der Waals surface area (Å²) in [7, 11) is 2.14. The molecule has 0 saturated carbocycles. The minimum absolute atomic E-state index is 0.00118. The highest BCUT2D eigenvalue weighted by molar-refractivity contribution is 6.01. The number of nitrogens with zero attached hydrogens (tertiary/aromatic N) is 1. The molecule has 1 N–H and O–H groups in total. The summed E-state index contributed by atoms with van der Waals surface area (Å²) < 4.78 is 5.58. The van der Waals surface area contributed by atoms with Crippen molar-refractivity contribution in [2.45, 2.75) is 12.3 Å². The van der Waals surface area contributed by atoms with E-state index in [-0.39, 0.29) is 11.7 Å². The Bertz CT molecular complexity index is 953. The lowest BCUT2D eigenvalue weighted by molar-refractivity contribution is 0.0930. The lowest BCUT2D eigenvalue weighted by Gasteiger charge is -2.18. The zero-order chi connectivity index (χ0) is 18.5. The summed E-state index contributed by atoms with van der Waals surface area (Å²) >= 11 is 0. The van der Waals surface area contributed by atoms with Crippen molar-refractivity contribution >= 4 is 11.7 Å². The lowest BCUT2D eigenvalue weighted by Crippen LogP contribution is -2.29. The first-order valence-electron chi connectivity index (χ1n) is 9.51. The van der Waals surface area contributed by atoms with E-state index in [4.69, 9.17) is 4.74 Å². The van der Waals surface area contributed by atoms with Crippen LogP contribution in [0.25, 0.3) is 11.1 Å². The highest BCUT2D eigenvalue weighted by atomic mass is 16.5. The maximum atomic E-state index is 12.7. The van der Waals surface area contributed by atoms with Crippen LogP contribution >= 0.6 is 0 Å². The first kappa shape index (κ1) is 16.5. The topological polar surface area (TPSA) is 58.6 Å². The van der Waals surface area contributed by atoms with E-state index in [0.29, 0.717) is 36.2 Å². The number of Topliss-reactive ketones (excluding diaryl/α,β-unsaturated/α-hetero) is 1. The van der Waals surface area contributed by atoms with Gasteiger partial charge in [0.1, 0.15) is 5.75 Å². The van der Waals surface area contributed by atoms with Crippen molar-refractivity contribution in [3.8, 4) is 16.9 Å². The van der Waals surface area contributed by atoms with Crippen molar-refractivity contribution in [1.29, 1.82) is 0 Å². The van der Waals surface area contributed by atoms with E-state index in [1.807, 2.05) is 24.3 Å². The Balaban J connectivity index is 1.57. The van der Waals surface area contributed by atoms with E-state index in [1.165, 1.54) is 0 Å². The minimum atomic E-state index is 0.00118. The number of ketones is 1. The molecule has 2 atom stereocenters. The van der Waals surface area contributed by atoms with Crippen LogP contribution < -0.4 is 10.1 Å². The van der Waals surface area contributed by atoms with Gasteiger partial charge in [-0.3, -0.25) is 9.59 Å². The summed E-state index contributed by atoms with van der Waals surface area (Å²) in [4.78, 5) is 27.2. The SMILES string of the molecule is CN1CC2CNC(=O)c3cc(-c4ccc5c(c4)C(=O)CCO5)ccc3C2C1. The number of likely N-dealkylation sites (tertiary alicyclic amines) is 1. The molecule has 1 amide bonds. The number of ether oxygens (including phenoxy) is 1. The zero-order valence-electron chi connectivity index (χ0n) is 15.3.